The van der Waals surface area contributed by atoms with Crippen LogP contribution in [-0.4, -0.2) is 72.2 Å². The third kappa shape index (κ3) is 16.7. The minimum Gasteiger partial charge on any atom is -0.480 e. The van der Waals surface area contributed by atoms with Gasteiger partial charge in [-0.1, -0.05) is 0 Å². The lowest BCUT2D eigenvalue weighted by molar-refractivity contribution is -0.163. The smallest absolute Gasteiger partial charge is 0.472 e. The van der Waals surface area contributed by atoms with Gasteiger partial charge in [0.05, 0.1) is 32.3 Å². The molecule has 188 valence electrons. The lowest BCUT2D eigenvalue weighted by Crippen LogP contribution is -2.35. The van der Waals surface area contributed by atoms with Crippen LogP contribution >= 0.6 is 7.82 Å². The molecule has 0 fully saturated rings. The van der Waals surface area contributed by atoms with E-state index >= 15 is 0 Å². The first-order chi connectivity index (χ1) is 14.4. The molecule has 2 unspecified atom stereocenters. The summed E-state index contributed by atoms with van der Waals surface area (Å²) in [5.41, 5.74) is 5.05. The normalized spacial score (nSPS) is 15.2. The monoisotopic (exact) mass is 507 g/mol. The van der Waals surface area contributed by atoms with Gasteiger partial charge in [0, 0.05) is 0 Å². The molecule has 0 aromatic carbocycles. The summed E-state index contributed by atoms with van der Waals surface area (Å²) in [7, 11) is -5.13. The number of carbonyl (C=O) groups excluding carboxylic acids is 2. The highest BCUT2D eigenvalue weighted by Crippen LogP contribution is 2.44. The van der Waals surface area contributed by atoms with Crippen molar-refractivity contribution in [2.24, 2.45) is 5.73 Å². The van der Waals surface area contributed by atoms with E-state index in [0.717, 1.165) is 0 Å². The van der Waals surface area contributed by atoms with Crippen LogP contribution in [0.1, 0.15) is 25.7 Å². The third-order valence-corrected chi connectivity index (χ3v) is 4.14. The van der Waals surface area contributed by atoms with Gasteiger partial charge in [0.15, 0.2) is 0 Å². The number of nitrogens with two attached hydrogens (primary N) is 1. The number of aliphatic carboxylic acids is 1. The summed E-state index contributed by atoms with van der Waals surface area (Å²) in [6, 6.07) is -1.75. The Morgan fingerprint density at radius 3 is 1.62 bits per heavy atom. The van der Waals surface area contributed by atoms with Crippen molar-refractivity contribution < 1.29 is 73.8 Å². The zero-order chi connectivity index (χ0) is 25.2. The zero-order valence-corrected chi connectivity index (χ0v) is 17.0. The average molecular weight is 507 g/mol. The Hall–Kier alpha value is -1.94. The molecular formula is C14H20F6NO10P. The highest BCUT2D eigenvalue weighted by atomic mass is 31.2. The lowest BCUT2D eigenvalue weighted by Gasteiger charge is -2.21. The number of hydrogen-bond donors (Lipinski definition) is 3. The summed E-state index contributed by atoms with van der Waals surface area (Å²) < 4.78 is 102. The van der Waals surface area contributed by atoms with Gasteiger partial charge >= 0.3 is 38.1 Å². The number of esters is 2. The molecule has 4 N–H and O–H groups in total. The van der Waals surface area contributed by atoms with E-state index in [1.54, 1.807) is 0 Å². The van der Waals surface area contributed by atoms with Crippen molar-refractivity contribution >= 4 is 25.7 Å². The van der Waals surface area contributed by atoms with Gasteiger partial charge in [0.1, 0.15) is 25.4 Å². The number of carboxylic acid groups (broad SMARTS) is 1. The van der Waals surface area contributed by atoms with Crippen molar-refractivity contribution in [3.63, 3.8) is 0 Å². The van der Waals surface area contributed by atoms with Gasteiger partial charge in [-0.25, -0.2) is 4.57 Å². The summed E-state index contributed by atoms with van der Waals surface area (Å²) in [5, 5.41) is 8.57. The number of carbonyl (C=O) groups is 3. The summed E-state index contributed by atoms with van der Waals surface area (Å²) in [6.07, 6.45) is -16.6. The van der Waals surface area contributed by atoms with E-state index in [1.807, 2.05) is 0 Å². The molecule has 2 atom stereocenters. The fraction of sp³-hybridized carbons (Fsp3) is 0.786. The van der Waals surface area contributed by atoms with Crippen molar-refractivity contribution in [1.82, 2.24) is 0 Å². The molecule has 0 amide bonds. The quantitative estimate of drug-likeness (QED) is 0.177. The Labute approximate surface area is 176 Å². The molecule has 0 saturated heterocycles. The molecule has 0 aliphatic rings. The van der Waals surface area contributed by atoms with Crippen LogP contribution in [0, 0.1) is 0 Å². The molecule has 11 nitrogen and oxygen atoms in total. The molecule has 0 heterocycles. The molecule has 0 aromatic rings. The fourth-order valence-corrected chi connectivity index (χ4v) is 2.49. The number of carboxylic acids is 1. The first-order valence-corrected chi connectivity index (χ1v) is 9.98. The molecule has 0 radical (unpaired) electrons. The highest BCUT2D eigenvalue weighted by molar-refractivity contribution is 7.47. The summed E-state index contributed by atoms with van der Waals surface area (Å²) >= 11 is 0. The van der Waals surface area contributed by atoms with E-state index in [1.165, 1.54) is 0 Å². The minimum absolute atomic E-state index is 1.04. The molecule has 0 spiro atoms. The number of halogens is 6. The first kappa shape index (κ1) is 30.1. The molecule has 32 heavy (non-hydrogen) atoms. The van der Waals surface area contributed by atoms with Crippen molar-refractivity contribution in [1.29, 1.82) is 0 Å². The second kappa shape index (κ2) is 12.9. The highest BCUT2D eigenvalue weighted by Gasteiger charge is 2.32. The number of ether oxygens (including phenoxy) is 2. The standard InChI is InChI=1S/C14H20F6NO10P/c15-13(16,17)3-1-10(22)28-5-8(6-29-11(23)2-4-14(18,19)20)31-32(26,27)30-7-9(21)12(24)25/h8-9H,1-7,21H2,(H,24,25)(H,26,27). The number of alkyl halides is 6. The third-order valence-electron chi connectivity index (χ3n) is 3.10. The minimum atomic E-state index is -5.13. The van der Waals surface area contributed by atoms with Crippen molar-refractivity contribution in [2.75, 3.05) is 19.8 Å². The maximum atomic E-state index is 12.1. The zero-order valence-electron chi connectivity index (χ0n) is 16.1. The molecule has 0 aliphatic carbocycles. The van der Waals surface area contributed by atoms with Gasteiger partial charge in [-0.15, -0.1) is 0 Å². The molecule has 0 aliphatic heterocycles. The predicted octanol–water partition coefficient (Wildman–Crippen LogP) is 1.67. The van der Waals surface area contributed by atoms with Gasteiger partial charge < -0.3 is 25.2 Å². The van der Waals surface area contributed by atoms with E-state index in [-0.39, 0.29) is 0 Å². The van der Waals surface area contributed by atoms with Crippen LogP contribution in [0.2, 0.25) is 0 Å². The lowest BCUT2D eigenvalue weighted by atomic mass is 10.3. The van der Waals surface area contributed by atoms with Gasteiger partial charge in [0.2, 0.25) is 0 Å². The van der Waals surface area contributed by atoms with E-state index < -0.39 is 95.7 Å². The maximum Gasteiger partial charge on any atom is 0.472 e. The van der Waals surface area contributed by atoms with Crippen molar-refractivity contribution in [3.8, 4) is 0 Å². The summed E-state index contributed by atoms with van der Waals surface area (Å²) in [5.74, 6) is -4.44. The molecule has 0 saturated carbocycles. The van der Waals surface area contributed by atoms with Crippen LogP contribution in [0.3, 0.4) is 0 Å². The SMILES string of the molecule is NC(COP(=O)(O)OC(COC(=O)CCC(F)(F)F)COC(=O)CCC(F)(F)F)C(=O)O. The second-order valence-corrected chi connectivity index (χ2v) is 7.44. The number of rotatable bonds is 14. The Bertz CT molecular complexity index is 652. The summed E-state index contributed by atoms with van der Waals surface area (Å²) in [4.78, 5) is 42.8. The van der Waals surface area contributed by atoms with Crippen LogP contribution in [0.4, 0.5) is 26.3 Å². The molecule has 0 bridgehead atoms. The van der Waals surface area contributed by atoms with E-state index in [2.05, 4.69) is 18.5 Å². The Morgan fingerprint density at radius 1 is 0.875 bits per heavy atom. The Kier molecular flexibility index (Phi) is 12.1. The fourth-order valence-electron chi connectivity index (χ4n) is 1.58. The van der Waals surface area contributed by atoms with Crippen molar-refractivity contribution in [2.45, 2.75) is 50.2 Å². The molecule has 18 heteroatoms. The van der Waals surface area contributed by atoms with E-state index in [0.29, 0.717) is 0 Å². The van der Waals surface area contributed by atoms with Crippen LogP contribution in [0.15, 0.2) is 0 Å². The van der Waals surface area contributed by atoms with Crippen LogP contribution < -0.4 is 5.73 Å². The summed E-state index contributed by atoms with van der Waals surface area (Å²) in [6.45, 7) is -3.14. The van der Waals surface area contributed by atoms with E-state index in [9.17, 15) is 50.2 Å². The maximum absolute atomic E-state index is 12.1. The van der Waals surface area contributed by atoms with Gasteiger partial charge in [-0.3, -0.25) is 23.4 Å². The van der Waals surface area contributed by atoms with Gasteiger partial charge in [-0.2, -0.15) is 26.3 Å². The Morgan fingerprint density at radius 2 is 1.28 bits per heavy atom. The van der Waals surface area contributed by atoms with Gasteiger partial charge in [0.25, 0.3) is 0 Å². The predicted molar refractivity (Wildman–Crippen MR) is 88.8 cm³/mol. The average Bonchev–Trinajstić information content (AvgIpc) is 2.63. The van der Waals surface area contributed by atoms with Crippen LogP contribution in [0.25, 0.3) is 0 Å². The largest absolute Gasteiger partial charge is 0.480 e. The molecular weight excluding hydrogens is 487 g/mol. The van der Waals surface area contributed by atoms with Crippen LogP contribution in [0.5, 0.6) is 0 Å². The van der Waals surface area contributed by atoms with E-state index in [4.69, 9.17) is 10.8 Å². The van der Waals surface area contributed by atoms with Crippen LogP contribution in [-0.2, 0) is 37.5 Å². The number of hydrogen-bond acceptors (Lipinski definition) is 9. The Balaban J connectivity index is 4.93. The number of phosphoric ester groups is 1. The topological polar surface area (TPSA) is 172 Å². The van der Waals surface area contributed by atoms with Crippen molar-refractivity contribution in [3.05, 3.63) is 0 Å². The van der Waals surface area contributed by atoms with Gasteiger partial charge in [-0.05, 0) is 0 Å². The molecule has 0 aromatic heterocycles. The first-order valence-electron chi connectivity index (χ1n) is 8.49. The number of phosphoric acid groups is 1. The second-order valence-electron chi connectivity index (χ2n) is 6.03. The molecule has 0 rings (SSSR count).